The molecule has 0 aliphatic carbocycles. The predicted octanol–water partition coefficient (Wildman–Crippen LogP) is 1.44. The number of nitrogens with zero attached hydrogens (tertiary/aromatic N) is 1. The standard InChI is InChI=1S/C13H16N2O6/c1-7(2)11(13(17)18)14-12(16)9-5-4-8(15(19)20)6-10(9)21-3/h4-7,11H,1-3H3,(H,14,16)(H,17,18). The molecular formula is C13H16N2O6. The third-order valence-electron chi connectivity index (χ3n) is 2.86. The average molecular weight is 296 g/mol. The molecule has 1 unspecified atom stereocenters. The Hall–Kier alpha value is -2.64. The maximum Gasteiger partial charge on any atom is 0.326 e. The molecular weight excluding hydrogens is 280 g/mol. The minimum atomic E-state index is -1.15. The van der Waals surface area contributed by atoms with E-state index in [1.807, 2.05) is 0 Å². The SMILES string of the molecule is COc1cc([N+](=O)[O-])ccc1C(=O)NC(C(=O)O)C(C)C. The van der Waals surface area contributed by atoms with Crippen molar-refractivity contribution in [2.24, 2.45) is 5.92 Å². The van der Waals surface area contributed by atoms with Crippen molar-refractivity contribution in [1.82, 2.24) is 5.32 Å². The highest BCUT2D eigenvalue weighted by Gasteiger charge is 2.26. The number of amides is 1. The summed E-state index contributed by atoms with van der Waals surface area (Å²) in [6.07, 6.45) is 0. The lowest BCUT2D eigenvalue weighted by Crippen LogP contribution is -2.44. The van der Waals surface area contributed by atoms with Crippen LogP contribution in [0, 0.1) is 16.0 Å². The van der Waals surface area contributed by atoms with Gasteiger partial charge in [-0.15, -0.1) is 0 Å². The van der Waals surface area contributed by atoms with Gasteiger partial charge in [-0.3, -0.25) is 14.9 Å². The van der Waals surface area contributed by atoms with Crippen molar-refractivity contribution in [1.29, 1.82) is 0 Å². The Morgan fingerprint density at radius 3 is 2.43 bits per heavy atom. The smallest absolute Gasteiger partial charge is 0.326 e. The normalized spacial score (nSPS) is 11.8. The summed E-state index contributed by atoms with van der Waals surface area (Å²) < 4.78 is 4.95. The van der Waals surface area contributed by atoms with Crippen LogP contribution in [0.2, 0.25) is 0 Å². The lowest BCUT2D eigenvalue weighted by Gasteiger charge is -2.18. The molecule has 1 aromatic carbocycles. The minimum absolute atomic E-state index is 0.00888. The van der Waals surface area contributed by atoms with E-state index in [0.717, 1.165) is 12.1 Å². The fourth-order valence-corrected chi connectivity index (χ4v) is 1.71. The summed E-state index contributed by atoms with van der Waals surface area (Å²) in [4.78, 5) is 33.2. The lowest BCUT2D eigenvalue weighted by atomic mass is 10.0. The number of methoxy groups -OCH3 is 1. The number of nitrogens with one attached hydrogen (secondary N) is 1. The highest BCUT2D eigenvalue weighted by atomic mass is 16.6. The third-order valence-corrected chi connectivity index (χ3v) is 2.86. The molecule has 1 rings (SSSR count). The average Bonchev–Trinajstić information content (AvgIpc) is 2.42. The molecule has 1 atom stereocenters. The molecule has 0 aromatic heterocycles. The summed E-state index contributed by atoms with van der Waals surface area (Å²) in [6.45, 7) is 3.32. The van der Waals surface area contributed by atoms with E-state index < -0.39 is 22.8 Å². The Balaban J connectivity index is 3.07. The van der Waals surface area contributed by atoms with Crippen LogP contribution in [0.5, 0.6) is 5.75 Å². The van der Waals surface area contributed by atoms with Gasteiger partial charge in [0.15, 0.2) is 0 Å². The number of carbonyl (C=O) groups excluding carboxylic acids is 1. The first-order valence-electron chi connectivity index (χ1n) is 6.14. The van der Waals surface area contributed by atoms with Gasteiger partial charge in [-0.05, 0) is 12.0 Å². The minimum Gasteiger partial charge on any atom is -0.496 e. The molecule has 0 spiro atoms. The largest absolute Gasteiger partial charge is 0.496 e. The maximum absolute atomic E-state index is 12.1. The number of benzene rings is 1. The highest BCUT2D eigenvalue weighted by Crippen LogP contribution is 2.24. The number of carboxylic acid groups (broad SMARTS) is 1. The van der Waals surface area contributed by atoms with Crippen molar-refractivity contribution < 1.29 is 24.4 Å². The Labute approximate surface area is 120 Å². The molecule has 0 saturated carbocycles. The number of aliphatic carboxylic acids is 1. The monoisotopic (exact) mass is 296 g/mol. The molecule has 8 heteroatoms. The van der Waals surface area contributed by atoms with Crippen molar-refractivity contribution in [3.05, 3.63) is 33.9 Å². The van der Waals surface area contributed by atoms with Gasteiger partial charge >= 0.3 is 5.97 Å². The van der Waals surface area contributed by atoms with Crippen LogP contribution in [0.15, 0.2) is 18.2 Å². The molecule has 0 aliphatic rings. The molecule has 0 saturated heterocycles. The fourth-order valence-electron chi connectivity index (χ4n) is 1.71. The number of nitro benzene ring substituents is 1. The Kier molecular flexibility index (Phi) is 5.23. The van der Waals surface area contributed by atoms with E-state index >= 15 is 0 Å². The molecule has 8 nitrogen and oxygen atoms in total. The Morgan fingerprint density at radius 1 is 1.38 bits per heavy atom. The number of ether oxygens (including phenoxy) is 1. The van der Waals surface area contributed by atoms with Crippen molar-refractivity contribution in [2.75, 3.05) is 7.11 Å². The summed E-state index contributed by atoms with van der Waals surface area (Å²) in [5, 5.41) is 22.1. The number of carboxylic acids is 1. The van der Waals surface area contributed by atoms with E-state index in [1.165, 1.54) is 13.2 Å². The molecule has 0 fully saturated rings. The van der Waals surface area contributed by atoms with Crippen LogP contribution in [0.25, 0.3) is 0 Å². The summed E-state index contributed by atoms with van der Waals surface area (Å²) in [7, 11) is 1.27. The van der Waals surface area contributed by atoms with E-state index in [4.69, 9.17) is 9.84 Å². The van der Waals surface area contributed by atoms with Gasteiger partial charge in [0.1, 0.15) is 11.8 Å². The molecule has 21 heavy (non-hydrogen) atoms. The number of rotatable bonds is 6. The first kappa shape index (κ1) is 16.4. The fraction of sp³-hybridized carbons (Fsp3) is 0.385. The van der Waals surface area contributed by atoms with Gasteiger partial charge in [-0.2, -0.15) is 0 Å². The van der Waals surface area contributed by atoms with Gasteiger partial charge in [0, 0.05) is 6.07 Å². The third kappa shape index (κ3) is 3.91. The number of carbonyl (C=O) groups is 2. The summed E-state index contributed by atoms with van der Waals surface area (Å²) in [5.74, 6) is -2.12. The Morgan fingerprint density at radius 2 is 2.00 bits per heavy atom. The number of hydrogen-bond donors (Lipinski definition) is 2. The van der Waals surface area contributed by atoms with Crippen molar-refractivity contribution >= 4 is 17.6 Å². The predicted molar refractivity (Wildman–Crippen MR) is 73.4 cm³/mol. The van der Waals surface area contributed by atoms with E-state index in [2.05, 4.69) is 5.32 Å². The summed E-state index contributed by atoms with van der Waals surface area (Å²) >= 11 is 0. The lowest BCUT2D eigenvalue weighted by molar-refractivity contribution is -0.384. The molecule has 0 radical (unpaired) electrons. The first-order valence-corrected chi connectivity index (χ1v) is 6.14. The van der Waals surface area contributed by atoms with Gasteiger partial charge in [0.05, 0.1) is 23.7 Å². The van der Waals surface area contributed by atoms with Gasteiger partial charge in [-0.1, -0.05) is 13.8 Å². The second kappa shape index (κ2) is 6.69. The molecule has 2 N–H and O–H groups in total. The number of non-ortho nitro benzene ring substituents is 1. The van der Waals surface area contributed by atoms with E-state index in [-0.39, 0.29) is 22.9 Å². The van der Waals surface area contributed by atoms with Crippen LogP contribution in [-0.2, 0) is 4.79 Å². The van der Waals surface area contributed by atoms with E-state index in [1.54, 1.807) is 13.8 Å². The van der Waals surface area contributed by atoms with Gasteiger partial charge in [0.25, 0.3) is 11.6 Å². The molecule has 1 amide bonds. The van der Waals surface area contributed by atoms with Crippen LogP contribution in [0.3, 0.4) is 0 Å². The summed E-state index contributed by atoms with van der Waals surface area (Å²) in [6, 6.07) is 2.44. The van der Waals surface area contributed by atoms with Crippen LogP contribution >= 0.6 is 0 Å². The van der Waals surface area contributed by atoms with E-state index in [9.17, 15) is 19.7 Å². The summed E-state index contributed by atoms with van der Waals surface area (Å²) in [5.41, 5.74) is -0.183. The zero-order chi connectivity index (χ0) is 16.2. The van der Waals surface area contributed by atoms with Crippen LogP contribution in [0.4, 0.5) is 5.69 Å². The number of hydrogen-bond acceptors (Lipinski definition) is 5. The van der Waals surface area contributed by atoms with Gasteiger partial charge in [0.2, 0.25) is 0 Å². The van der Waals surface area contributed by atoms with E-state index in [0.29, 0.717) is 0 Å². The topological polar surface area (TPSA) is 119 Å². The second-order valence-corrected chi connectivity index (χ2v) is 4.68. The molecule has 114 valence electrons. The molecule has 0 heterocycles. The molecule has 0 aliphatic heterocycles. The van der Waals surface area contributed by atoms with Crippen molar-refractivity contribution in [3.63, 3.8) is 0 Å². The molecule has 0 bridgehead atoms. The van der Waals surface area contributed by atoms with Crippen LogP contribution in [-0.4, -0.2) is 35.1 Å². The molecule has 1 aromatic rings. The zero-order valence-corrected chi connectivity index (χ0v) is 11.8. The first-order chi connectivity index (χ1) is 9.77. The highest BCUT2D eigenvalue weighted by molar-refractivity contribution is 5.99. The second-order valence-electron chi connectivity index (χ2n) is 4.68. The van der Waals surface area contributed by atoms with Crippen LogP contribution in [0.1, 0.15) is 24.2 Å². The zero-order valence-electron chi connectivity index (χ0n) is 11.8. The van der Waals surface area contributed by atoms with Gasteiger partial charge < -0.3 is 15.2 Å². The maximum atomic E-state index is 12.1. The van der Waals surface area contributed by atoms with Crippen molar-refractivity contribution in [3.8, 4) is 5.75 Å². The van der Waals surface area contributed by atoms with Crippen LogP contribution < -0.4 is 10.1 Å². The quantitative estimate of drug-likeness (QED) is 0.605. The van der Waals surface area contributed by atoms with Gasteiger partial charge in [-0.25, -0.2) is 4.79 Å². The number of nitro groups is 1. The van der Waals surface area contributed by atoms with Crippen molar-refractivity contribution in [2.45, 2.75) is 19.9 Å². The Bertz CT molecular complexity index is 570.